The standard InChI is InChI=1S/C10H20N2O/c1-8(2)6-10(13)12-5-4-11-9(3)7-12/h8-9,11H,4-7H2,1-3H3. The highest BCUT2D eigenvalue weighted by Gasteiger charge is 2.20. The van der Waals surface area contributed by atoms with Crippen LogP contribution in [0.25, 0.3) is 0 Å². The molecule has 1 aliphatic heterocycles. The topological polar surface area (TPSA) is 32.3 Å². The van der Waals surface area contributed by atoms with Gasteiger partial charge in [-0.15, -0.1) is 0 Å². The Labute approximate surface area is 80.5 Å². The number of amides is 1. The summed E-state index contributed by atoms with van der Waals surface area (Å²) < 4.78 is 0. The largest absolute Gasteiger partial charge is 0.340 e. The van der Waals surface area contributed by atoms with Crippen molar-refractivity contribution in [2.75, 3.05) is 19.6 Å². The lowest BCUT2D eigenvalue weighted by Crippen LogP contribution is -2.51. The van der Waals surface area contributed by atoms with Gasteiger partial charge in [-0.2, -0.15) is 0 Å². The van der Waals surface area contributed by atoms with E-state index in [1.807, 2.05) is 4.90 Å². The highest BCUT2D eigenvalue weighted by molar-refractivity contribution is 5.76. The van der Waals surface area contributed by atoms with E-state index >= 15 is 0 Å². The van der Waals surface area contributed by atoms with E-state index in [9.17, 15) is 4.79 Å². The minimum Gasteiger partial charge on any atom is -0.340 e. The number of nitrogens with one attached hydrogen (secondary N) is 1. The van der Waals surface area contributed by atoms with Crippen molar-refractivity contribution in [1.29, 1.82) is 0 Å². The summed E-state index contributed by atoms with van der Waals surface area (Å²) in [6.07, 6.45) is 0.687. The SMILES string of the molecule is CC(C)CC(=O)N1CCNC(C)C1. The van der Waals surface area contributed by atoms with Crippen molar-refractivity contribution in [3.05, 3.63) is 0 Å². The van der Waals surface area contributed by atoms with Gasteiger partial charge in [-0.25, -0.2) is 0 Å². The molecule has 0 radical (unpaired) electrons. The Hall–Kier alpha value is -0.570. The number of hydrogen-bond acceptors (Lipinski definition) is 2. The van der Waals surface area contributed by atoms with Crippen LogP contribution in [0.5, 0.6) is 0 Å². The van der Waals surface area contributed by atoms with E-state index in [4.69, 9.17) is 0 Å². The fourth-order valence-electron chi connectivity index (χ4n) is 1.64. The molecule has 1 rings (SSSR count). The maximum Gasteiger partial charge on any atom is 0.222 e. The maximum absolute atomic E-state index is 11.7. The molecule has 13 heavy (non-hydrogen) atoms. The predicted molar refractivity (Wildman–Crippen MR) is 53.5 cm³/mol. The first kappa shape index (κ1) is 10.5. The van der Waals surface area contributed by atoms with Crippen LogP contribution in [0.15, 0.2) is 0 Å². The molecule has 1 amide bonds. The number of carbonyl (C=O) groups excluding carboxylic acids is 1. The summed E-state index contributed by atoms with van der Waals surface area (Å²) in [7, 11) is 0. The Morgan fingerprint density at radius 1 is 1.62 bits per heavy atom. The average Bonchev–Trinajstić information content (AvgIpc) is 2.03. The normalized spacial score (nSPS) is 23.7. The van der Waals surface area contributed by atoms with Crippen molar-refractivity contribution >= 4 is 5.91 Å². The first-order chi connectivity index (χ1) is 6.09. The first-order valence-corrected chi connectivity index (χ1v) is 5.10. The summed E-state index contributed by atoms with van der Waals surface area (Å²) in [4.78, 5) is 13.6. The van der Waals surface area contributed by atoms with E-state index in [1.165, 1.54) is 0 Å². The van der Waals surface area contributed by atoms with Crippen LogP contribution in [-0.4, -0.2) is 36.5 Å². The molecular weight excluding hydrogens is 164 g/mol. The monoisotopic (exact) mass is 184 g/mol. The van der Waals surface area contributed by atoms with Gasteiger partial charge < -0.3 is 10.2 Å². The third-order valence-electron chi connectivity index (χ3n) is 2.30. The van der Waals surface area contributed by atoms with E-state index in [2.05, 4.69) is 26.1 Å². The second kappa shape index (κ2) is 4.61. The van der Waals surface area contributed by atoms with E-state index in [0.29, 0.717) is 24.3 Å². The van der Waals surface area contributed by atoms with Crippen LogP contribution in [0, 0.1) is 5.92 Å². The summed E-state index contributed by atoms with van der Waals surface area (Å²) >= 11 is 0. The number of nitrogens with zero attached hydrogens (tertiary/aromatic N) is 1. The highest BCUT2D eigenvalue weighted by atomic mass is 16.2. The zero-order chi connectivity index (χ0) is 9.84. The number of rotatable bonds is 2. The molecule has 1 saturated heterocycles. The Morgan fingerprint density at radius 2 is 2.31 bits per heavy atom. The van der Waals surface area contributed by atoms with Gasteiger partial charge in [0.05, 0.1) is 0 Å². The number of carbonyl (C=O) groups is 1. The number of piperazine rings is 1. The molecule has 3 nitrogen and oxygen atoms in total. The lowest BCUT2D eigenvalue weighted by Gasteiger charge is -2.32. The van der Waals surface area contributed by atoms with Crippen molar-refractivity contribution in [3.63, 3.8) is 0 Å². The van der Waals surface area contributed by atoms with Gasteiger partial charge in [0, 0.05) is 32.1 Å². The van der Waals surface area contributed by atoms with Crippen molar-refractivity contribution in [1.82, 2.24) is 10.2 Å². The molecule has 0 aromatic heterocycles. The molecular formula is C10H20N2O. The molecule has 1 heterocycles. The quantitative estimate of drug-likeness (QED) is 0.690. The van der Waals surface area contributed by atoms with E-state index < -0.39 is 0 Å². The Bertz CT molecular complexity index is 180. The molecule has 1 atom stereocenters. The van der Waals surface area contributed by atoms with Gasteiger partial charge in [-0.05, 0) is 12.8 Å². The minimum absolute atomic E-state index is 0.309. The van der Waals surface area contributed by atoms with E-state index in [1.54, 1.807) is 0 Å². The van der Waals surface area contributed by atoms with E-state index in [0.717, 1.165) is 19.6 Å². The van der Waals surface area contributed by atoms with Crippen LogP contribution in [0.3, 0.4) is 0 Å². The van der Waals surface area contributed by atoms with Crippen molar-refractivity contribution < 1.29 is 4.79 Å². The van der Waals surface area contributed by atoms with E-state index in [-0.39, 0.29) is 0 Å². The molecule has 1 fully saturated rings. The van der Waals surface area contributed by atoms with Crippen LogP contribution < -0.4 is 5.32 Å². The summed E-state index contributed by atoms with van der Waals surface area (Å²) in [5.74, 6) is 0.779. The Kier molecular flexibility index (Phi) is 3.72. The van der Waals surface area contributed by atoms with Crippen LogP contribution in [0.1, 0.15) is 27.2 Å². The molecule has 1 unspecified atom stereocenters. The second-order valence-electron chi connectivity index (χ2n) is 4.29. The Balaban J connectivity index is 2.37. The highest BCUT2D eigenvalue weighted by Crippen LogP contribution is 2.06. The Morgan fingerprint density at radius 3 is 2.85 bits per heavy atom. The summed E-state index contributed by atoms with van der Waals surface area (Å²) in [6.45, 7) is 8.97. The zero-order valence-corrected chi connectivity index (χ0v) is 8.84. The fraction of sp³-hybridized carbons (Fsp3) is 0.900. The molecule has 1 N–H and O–H groups in total. The average molecular weight is 184 g/mol. The summed E-state index contributed by atoms with van der Waals surface area (Å²) in [5, 5.41) is 3.33. The fourth-order valence-corrected chi connectivity index (χ4v) is 1.64. The van der Waals surface area contributed by atoms with Crippen LogP contribution in [-0.2, 0) is 4.79 Å². The molecule has 1 aliphatic rings. The van der Waals surface area contributed by atoms with Gasteiger partial charge in [0.15, 0.2) is 0 Å². The van der Waals surface area contributed by atoms with Gasteiger partial charge >= 0.3 is 0 Å². The third-order valence-corrected chi connectivity index (χ3v) is 2.30. The number of hydrogen-bond donors (Lipinski definition) is 1. The molecule has 0 saturated carbocycles. The van der Waals surface area contributed by atoms with Gasteiger partial charge in [-0.1, -0.05) is 13.8 Å². The molecule has 0 aromatic rings. The first-order valence-electron chi connectivity index (χ1n) is 5.10. The molecule has 0 bridgehead atoms. The minimum atomic E-state index is 0.309. The molecule has 76 valence electrons. The van der Waals surface area contributed by atoms with Gasteiger partial charge in [0.25, 0.3) is 0 Å². The van der Waals surface area contributed by atoms with Gasteiger partial charge in [0.2, 0.25) is 5.91 Å². The van der Waals surface area contributed by atoms with Crippen LogP contribution >= 0.6 is 0 Å². The molecule has 3 heteroatoms. The van der Waals surface area contributed by atoms with Gasteiger partial charge in [-0.3, -0.25) is 4.79 Å². The molecule has 0 aromatic carbocycles. The van der Waals surface area contributed by atoms with Crippen molar-refractivity contribution in [2.45, 2.75) is 33.2 Å². The predicted octanol–water partition coefficient (Wildman–Crippen LogP) is 0.853. The van der Waals surface area contributed by atoms with Crippen LogP contribution in [0.4, 0.5) is 0 Å². The smallest absolute Gasteiger partial charge is 0.222 e. The van der Waals surface area contributed by atoms with Gasteiger partial charge in [0.1, 0.15) is 0 Å². The molecule has 0 spiro atoms. The molecule has 0 aliphatic carbocycles. The van der Waals surface area contributed by atoms with Crippen molar-refractivity contribution in [3.8, 4) is 0 Å². The summed E-state index contributed by atoms with van der Waals surface area (Å²) in [5.41, 5.74) is 0. The second-order valence-corrected chi connectivity index (χ2v) is 4.29. The third kappa shape index (κ3) is 3.35. The zero-order valence-electron chi connectivity index (χ0n) is 8.84. The lowest BCUT2D eigenvalue weighted by molar-refractivity contribution is -0.133. The summed E-state index contributed by atoms with van der Waals surface area (Å²) in [6, 6.07) is 0.449. The lowest BCUT2D eigenvalue weighted by atomic mass is 10.1. The maximum atomic E-state index is 11.7. The van der Waals surface area contributed by atoms with Crippen molar-refractivity contribution in [2.24, 2.45) is 5.92 Å². The van der Waals surface area contributed by atoms with Crippen LogP contribution in [0.2, 0.25) is 0 Å².